The standard InChI is InChI=1S/C23H36O4/c1-13(27-14(2)24)18-12-20(26)23(4)10-8-19-17(21(18)23)6-5-15-11-16(25)7-9-22(15,19)3/h5,13,16-21,25-26H,6-12H2,1-4H3/t13-,16-,17+,18-,19-,20-,21+,22-,23+/m0/s1. The number of hydrogen-bond donors (Lipinski definition) is 2. The fourth-order valence-corrected chi connectivity index (χ4v) is 7.62. The van der Waals surface area contributed by atoms with Gasteiger partial charge in [-0.15, -0.1) is 0 Å². The molecule has 152 valence electrons. The molecule has 4 aliphatic carbocycles. The summed E-state index contributed by atoms with van der Waals surface area (Å²) in [6, 6.07) is 0. The largest absolute Gasteiger partial charge is 0.463 e. The smallest absolute Gasteiger partial charge is 0.302 e. The lowest BCUT2D eigenvalue weighted by molar-refractivity contribution is -0.151. The molecule has 0 saturated heterocycles. The van der Waals surface area contributed by atoms with Crippen molar-refractivity contribution in [3.05, 3.63) is 11.6 Å². The molecule has 0 aromatic heterocycles. The molecular weight excluding hydrogens is 340 g/mol. The van der Waals surface area contributed by atoms with Crippen LogP contribution in [-0.2, 0) is 9.53 Å². The van der Waals surface area contributed by atoms with E-state index in [0.29, 0.717) is 17.8 Å². The molecule has 4 nitrogen and oxygen atoms in total. The zero-order valence-electron chi connectivity index (χ0n) is 17.3. The summed E-state index contributed by atoms with van der Waals surface area (Å²) in [7, 11) is 0. The van der Waals surface area contributed by atoms with Gasteiger partial charge in [0.2, 0.25) is 0 Å². The van der Waals surface area contributed by atoms with E-state index in [2.05, 4.69) is 19.9 Å². The molecule has 0 unspecified atom stereocenters. The normalized spacial score (nSPS) is 50.1. The molecule has 0 bridgehead atoms. The Balaban J connectivity index is 1.68. The molecule has 0 aliphatic heterocycles. The molecule has 4 rings (SSSR count). The predicted octanol–water partition coefficient (Wildman–Crippen LogP) is 3.85. The lowest BCUT2D eigenvalue weighted by Crippen LogP contribution is -2.52. The van der Waals surface area contributed by atoms with Crippen LogP contribution in [-0.4, -0.2) is 34.5 Å². The molecular formula is C23H36O4. The lowest BCUT2D eigenvalue weighted by atomic mass is 9.47. The zero-order valence-corrected chi connectivity index (χ0v) is 17.3. The molecule has 0 aromatic rings. The predicted molar refractivity (Wildman–Crippen MR) is 104 cm³/mol. The van der Waals surface area contributed by atoms with Gasteiger partial charge in [-0.2, -0.15) is 0 Å². The lowest BCUT2D eigenvalue weighted by Gasteiger charge is -2.58. The van der Waals surface area contributed by atoms with Gasteiger partial charge in [-0.25, -0.2) is 0 Å². The fraction of sp³-hybridized carbons (Fsp3) is 0.870. The van der Waals surface area contributed by atoms with Crippen LogP contribution in [0, 0.1) is 34.5 Å². The Labute approximate surface area is 163 Å². The van der Waals surface area contributed by atoms with Gasteiger partial charge in [0.1, 0.15) is 6.10 Å². The molecule has 27 heavy (non-hydrogen) atoms. The van der Waals surface area contributed by atoms with E-state index in [1.165, 1.54) is 12.5 Å². The van der Waals surface area contributed by atoms with E-state index in [-0.39, 0.29) is 41.0 Å². The summed E-state index contributed by atoms with van der Waals surface area (Å²) in [5.41, 5.74) is 1.58. The first kappa shape index (κ1) is 19.4. The van der Waals surface area contributed by atoms with Gasteiger partial charge in [0.05, 0.1) is 12.2 Å². The minimum atomic E-state index is -0.308. The van der Waals surface area contributed by atoms with Crippen molar-refractivity contribution in [3.8, 4) is 0 Å². The average Bonchev–Trinajstić information content (AvgIpc) is 2.87. The topological polar surface area (TPSA) is 66.8 Å². The number of fused-ring (bicyclic) bond motifs is 5. The van der Waals surface area contributed by atoms with Crippen molar-refractivity contribution >= 4 is 5.97 Å². The maximum absolute atomic E-state index is 11.6. The summed E-state index contributed by atoms with van der Waals surface area (Å²) in [6.45, 7) is 8.18. The Morgan fingerprint density at radius 2 is 2.00 bits per heavy atom. The summed E-state index contributed by atoms with van der Waals surface area (Å²) in [4.78, 5) is 11.6. The van der Waals surface area contributed by atoms with Crippen LogP contribution in [0.1, 0.15) is 72.6 Å². The molecule has 3 saturated carbocycles. The van der Waals surface area contributed by atoms with Crippen LogP contribution < -0.4 is 0 Å². The minimum Gasteiger partial charge on any atom is -0.463 e. The fourth-order valence-electron chi connectivity index (χ4n) is 7.62. The number of aliphatic hydroxyl groups excluding tert-OH is 2. The third-order valence-corrected chi connectivity index (χ3v) is 9.05. The number of aliphatic hydroxyl groups is 2. The molecule has 4 heteroatoms. The van der Waals surface area contributed by atoms with Crippen LogP contribution in [0.15, 0.2) is 11.6 Å². The van der Waals surface area contributed by atoms with Crippen molar-refractivity contribution < 1.29 is 19.7 Å². The SMILES string of the molecule is CC(=O)O[C@@H](C)[C@@H]1C[C@H](O)[C@@]2(C)CC[C@H]3[C@@H](CC=C4C[C@@H](O)CC[C@@]43C)[C@H]12. The van der Waals surface area contributed by atoms with E-state index in [9.17, 15) is 15.0 Å². The van der Waals surface area contributed by atoms with E-state index in [1.807, 2.05) is 6.92 Å². The molecule has 4 aliphatic rings. The first-order valence-corrected chi connectivity index (χ1v) is 10.9. The molecule has 2 N–H and O–H groups in total. The van der Waals surface area contributed by atoms with Gasteiger partial charge in [0, 0.05) is 12.8 Å². The van der Waals surface area contributed by atoms with E-state index < -0.39 is 0 Å². The highest BCUT2D eigenvalue weighted by Gasteiger charge is 2.62. The highest BCUT2D eigenvalue weighted by Crippen LogP contribution is 2.66. The summed E-state index contributed by atoms with van der Waals surface area (Å²) in [6.07, 6.45) is 8.56. The maximum Gasteiger partial charge on any atom is 0.302 e. The van der Waals surface area contributed by atoms with Gasteiger partial charge < -0.3 is 14.9 Å². The van der Waals surface area contributed by atoms with Crippen LogP contribution in [0.4, 0.5) is 0 Å². The van der Waals surface area contributed by atoms with Gasteiger partial charge in [0.25, 0.3) is 0 Å². The van der Waals surface area contributed by atoms with Gasteiger partial charge in [-0.1, -0.05) is 25.5 Å². The summed E-state index contributed by atoms with van der Waals surface area (Å²) in [5, 5.41) is 21.1. The quantitative estimate of drug-likeness (QED) is 0.567. The van der Waals surface area contributed by atoms with Crippen LogP contribution in [0.25, 0.3) is 0 Å². The second-order valence-corrected chi connectivity index (χ2v) is 10.3. The summed E-state index contributed by atoms with van der Waals surface area (Å²) < 4.78 is 5.60. The second kappa shape index (κ2) is 6.59. The van der Waals surface area contributed by atoms with Crippen LogP contribution >= 0.6 is 0 Å². The molecule has 0 amide bonds. The second-order valence-electron chi connectivity index (χ2n) is 10.3. The highest BCUT2D eigenvalue weighted by atomic mass is 16.5. The number of carbonyl (C=O) groups is 1. The minimum absolute atomic E-state index is 0.0733. The highest BCUT2D eigenvalue weighted by molar-refractivity contribution is 5.66. The van der Waals surface area contributed by atoms with Crippen molar-refractivity contribution in [2.75, 3.05) is 0 Å². The summed E-state index contributed by atoms with van der Waals surface area (Å²) >= 11 is 0. The van der Waals surface area contributed by atoms with Gasteiger partial charge in [0.15, 0.2) is 0 Å². The Bertz CT molecular complexity index is 642. The third-order valence-electron chi connectivity index (χ3n) is 9.05. The van der Waals surface area contributed by atoms with Gasteiger partial charge in [-0.05, 0) is 80.5 Å². The number of ether oxygens (including phenoxy) is 1. The average molecular weight is 377 g/mol. The first-order valence-electron chi connectivity index (χ1n) is 10.9. The number of rotatable bonds is 2. The third kappa shape index (κ3) is 2.90. The Morgan fingerprint density at radius 1 is 1.26 bits per heavy atom. The van der Waals surface area contributed by atoms with Crippen LogP contribution in [0.5, 0.6) is 0 Å². The van der Waals surface area contributed by atoms with Crippen molar-refractivity contribution in [2.45, 2.75) is 91.0 Å². The number of carbonyl (C=O) groups excluding carboxylic acids is 1. The van der Waals surface area contributed by atoms with Gasteiger partial charge in [-0.3, -0.25) is 4.79 Å². The molecule has 9 atom stereocenters. The monoisotopic (exact) mass is 376 g/mol. The summed E-state index contributed by atoms with van der Waals surface area (Å²) in [5.74, 6) is 1.54. The maximum atomic E-state index is 11.6. The van der Waals surface area contributed by atoms with Crippen LogP contribution in [0.3, 0.4) is 0 Å². The van der Waals surface area contributed by atoms with E-state index >= 15 is 0 Å². The van der Waals surface area contributed by atoms with E-state index in [1.54, 1.807) is 0 Å². The van der Waals surface area contributed by atoms with Gasteiger partial charge >= 0.3 is 5.97 Å². The zero-order chi connectivity index (χ0) is 19.6. The Morgan fingerprint density at radius 3 is 2.70 bits per heavy atom. The van der Waals surface area contributed by atoms with E-state index in [4.69, 9.17) is 4.74 Å². The van der Waals surface area contributed by atoms with Crippen molar-refractivity contribution in [1.29, 1.82) is 0 Å². The number of allylic oxidation sites excluding steroid dienone is 1. The molecule has 0 radical (unpaired) electrons. The van der Waals surface area contributed by atoms with Crippen molar-refractivity contribution in [1.82, 2.24) is 0 Å². The van der Waals surface area contributed by atoms with Crippen LogP contribution in [0.2, 0.25) is 0 Å². The Hall–Kier alpha value is -0.870. The number of hydrogen-bond acceptors (Lipinski definition) is 4. The molecule has 0 aromatic carbocycles. The van der Waals surface area contributed by atoms with E-state index in [0.717, 1.165) is 44.9 Å². The Kier molecular flexibility index (Phi) is 4.74. The first-order chi connectivity index (χ1) is 12.7. The molecule has 0 heterocycles. The molecule has 3 fully saturated rings. The molecule has 0 spiro atoms. The van der Waals surface area contributed by atoms with Crippen molar-refractivity contribution in [2.24, 2.45) is 34.5 Å². The van der Waals surface area contributed by atoms with Crippen molar-refractivity contribution in [3.63, 3.8) is 0 Å². The number of esters is 1.